The van der Waals surface area contributed by atoms with Crippen LogP contribution in [0.5, 0.6) is 0 Å². The summed E-state index contributed by atoms with van der Waals surface area (Å²) in [4.78, 5) is 12.3. The van der Waals surface area contributed by atoms with Crippen molar-refractivity contribution in [1.82, 2.24) is 5.32 Å². The predicted molar refractivity (Wildman–Crippen MR) is 126 cm³/mol. The molecule has 1 amide bonds. The number of nitrogens with one attached hydrogen (secondary N) is 1. The van der Waals surface area contributed by atoms with E-state index in [0.29, 0.717) is 22.1 Å². The number of amides is 1. The SMILES string of the molecule is Cc1ccc(C(O)(c2ccc(C)cc2)C(NC(=O)C(F)(F)F)c2cccc3ccccc23)cc1. The molecule has 0 spiro atoms. The van der Waals surface area contributed by atoms with Gasteiger partial charge in [0.1, 0.15) is 5.60 Å². The molecule has 0 aliphatic rings. The van der Waals surface area contributed by atoms with Crippen LogP contribution in [0.15, 0.2) is 91.0 Å². The number of fused-ring (bicyclic) bond motifs is 1. The van der Waals surface area contributed by atoms with Gasteiger partial charge in [-0.05, 0) is 41.3 Å². The van der Waals surface area contributed by atoms with Crippen LogP contribution in [-0.2, 0) is 10.4 Å². The van der Waals surface area contributed by atoms with E-state index in [1.807, 2.05) is 32.0 Å². The second-order valence-electron chi connectivity index (χ2n) is 8.47. The molecule has 2 N–H and O–H groups in total. The third kappa shape index (κ3) is 4.41. The minimum Gasteiger partial charge on any atom is -0.378 e. The Hall–Kier alpha value is -3.64. The summed E-state index contributed by atoms with van der Waals surface area (Å²) in [5, 5.41) is 15.9. The van der Waals surface area contributed by atoms with Gasteiger partial charge < -0.3 is 10.4 Å². The number of hydrogen-bond acceptors (Lipinski definition) is 2. The van der Waals surface area contributed by atoms with E-state index in [0.717, 1.165) is 16.5 Å². The van der Waals surface area contributed by atoms with Crippen LogP contribution in [0.3, 0.4) is 0 Å². The fourth-order valence-electron chi connectivity index (χ4n) is 4.24. The van der Waals surface area contributed by atoms with E-state index in [-0.39, 0.29) is 0 Å². The lowest BCUT2D eigenvalue weighted by atomic mass is 9.76. The standard InChI is InChI=1S/C28H24F3NO2/c1-18-10-14-21(15-11-18)27(34,22-16-12-19(2)13-17-22)25(32-26(33)28(29,30)31)24-9-5-7-20-6-3-4-8-23(20)24/h3-17,25,34H,1-2H3,(H,32,33). The third-order valence-corrected chi connectivity index (χ3v) is 6.07. The van der Waals surface area contributed by atoms with Gasteiger partial charge in [0, 0.05) is 0 Å². The molecule has 4 rings (SSSR count). The Balaban J connectivity index is 2.02. The van der Waals surface area contributed by atoms with Crippen molar-refractivity contribution in [2.45, 2.75) is 31.7 Å². The maximum atomic E-state index is 13.4. The van der Waals surface area contributed by atoms with Crippen molar-refractivity contribution in [2.24, 2.45) is 0 Å². The highest BCUT2D eigenvalue weighted by Crippen LogP contribution is 2.43. The van der Waals surface area contributed by atoms with E-state index in [4.69, 9.17) is 0 Å². The summed E-state index contributed by atoms with van der Waals surface area (Å²) in [5.74, 6) is -2.12. The fourth-order valence-corrected chi connectivity index (χ4v) is 4.24. The second-order valence-corrected chi connectivity index (χ2v) is 8.47. The van der Waals surface area contributed by atoms with Gasteiger partial charge in [0.05, 0.1) is 6.04 Å². The Kier molecular flexibility index (Phi) is 6.19. The topological polar surface area (TPSA) is 49.3 Å². The van der Waals surface area contributed by atoms with Crippen LogP contribution < -0.4 is 5.32 Å². The zero-order valence-electron chi connectivity index (χ0n) is 18.7. The fraction of sp³-hybridized carbons (Fsp3) is 0.179. The molecule has 0 bridgehead atoms. The lowest BCUT2D eigenvalue weighted by Crippen LogP contribution is -2.48. The number of carbonyl (C=O) groups is 1. The van der Waals surface area contributed by atoms with Crippen molar-refractivity contribution >= 4 is 16.7 Å². The molecule has 0 aliphatic heterocycles. The van der Waals surface area contributed by atoms with E-state index in [1.54, 1.807) is 72.8 Å². The predicted octanol–water partition coefficient (Wildman–Crippen LogP) is 6.11. The van der Waals surface area contributed by atoms with Gasteiger partial charge in [0.15, 0.2) is 0 Å². The molecule has 6 heteroatoms. The van der Waals surface area contributed by atoms with E-state index in [2.05, 4.69) is 5.32 Å². The molecule has 1 atom stereocenters. The lowest BCUT2D eigenvalue weighted by Gasteiger charge is -2.39. The van der Waals surface area contributed by atoms with E-state index >= 15 is 0 Å². The maximum Gasteiger partial charge on any atom is 0.471 e. The molecule has 0 heterocycles. The molecule has 1 unspecified atom stereocenters. The Morgan fingerprint density at radius 3 is 1.79 bits per heavy atom. The maximum absolute atomic E-state index is 13.4. The molecule has 0 fully saturated rings. The van der Waals surface area contributed by atoms with Crippen molar-refractivity contribution in [3.8, 4) is 0 Å². The highest BCUT2D eigenvalue weighted by molar-refractivity contribution is 5.88. The monoisotopic (exact) mass is 463 g/mol. The number of hydrogen-bond donors (Lipinski definition) is 2. The largest absolute Gasteiger partial charge is 0.471 e. The first kappa shape index (κ1) is 23.5. The number of aryl methyl sites for hydroxylation is 2. The van der Waals surface area contributed by atoms with Crippen LogP contribution in [0, 0.1) is 13.8 Å². The molecule has 0 saturated carbocycles. The molecule has 4 aromatic carbocycles. The number of aliphatic hydroxyl groups is 1. The zero-order valence-corrected chi connectivity index (χ0v) is 18.7. The quantitative estimate of drug-likeness (QED) is 0.375. The molecule has 0 aliphatic carbocycles. The van der Waals surface area contributed by atoms with Crippen LogP contribution in [0.4, 0.5) is 13.2 Å². The Labute approximate surface area is 195 Å². The van der Waals surface area contributed by atoms with E-state index < -0.39 is 23.7 Å². The second kappa shape index (κ2) is 8.95. The number of carbonyl (C=O) groups excluding carboxylic acids is 1. The van der Waals surface area contributed by atoms with Gasteiger partial charge in [-0.2, -0.15) is 13.2 Å². The molecule has 3 nitrogen and oxygen atoms in total. The smallest absolute Gasteiger partial charge is 0.378 e. The number of benzene rings is 4. The first-order chi connectivity index (χ1) is 16.1. The molecular weight excluding hydrogens is 439 g/mol. The van der Waals surface area contributed by atoms with E-state index in [9.17, 15) is 23.1 Å². The third-order valence-electron chi connectivity index (χ3n) is 6.07. The summed E-state index contributed by atoms with van der Waals surface area (Å²) in [6.07, 6.45) is -5.12. The van der Waals surface area contributed by atoms with Crippen LogP contribution in [0.1, 0.15) is 33.9 Å². The molecule has 0 aromatic heterocycles. The van der Waals surface area contributed by atoms with E-state index in [1.165, 1.54) is 0 Å². The summed E-state index contributed by atoms with van der Waals surface area (Å²) in [6.45, 7) is 3.75. The Bertz CT molecular complexity index is 1260. The lowest BCUT2D eigenvalue weighted by molar-refractivity contribution is -0.176. The molecule has 0 saturated heterocycles. The molecule has 0 radical (unpaired) electrons. The van der Waals surface area contributed by atoms with Gasteiger partial charge in [-0.25, -0.2) is 0 Å². The molecular formula is C28H24F3NO2. The summed E-state index contributed by atoms with van der Waals surface area (Å²) in [5.41, 5.74) is 0.961. The van der Waals surface area contributed by atoms with Crippen molar-refractivity contribution < 1.29 is 23.1 Å². The first-order valence-electron chi connectivity index (χ1n) is 10.8. The highest BCUT2D eigenvalue weighted by atomic mass is 19.4. The normalized spacial score (nSPS) is 13.0. The minimum atomic E-state index is -5.12. The molecule has 174 valence electrons. The van der Waals surface area contributed by atoms with Crippen LogP contribution in [0.2, 0.25) is 0 Å². The minimum absolute atomic E-state index is 0.363. The van der Waals surface area contributed by atoms with Crippen molar-refractivity contribution in [2.75, 3.05) is 0 Å². The number of alkyl halides is 3. The zero-order chi connectivity index (χ0) is 24.5. The van der Waals surface area contributed by atoms with Gasteiger partial charge in [-0.15, -0.1) is 0 Å². The Morgan fingerprint density at radius 1 is 0.765 bits per heavy atom. The van der Waals surface area contributed by atoms with Crippen LogP contribution in [0.25, 0.3) is 10.8 Å². The van der Waals surface area contributed by atoms with Gasteiger partial charge in [0.2, 0.25) is 0 Å². The van der Waals surface area contributed by atoms with Crippen LogP contribution in [-0.4, -0.2) is 17.2 Å². The summed E-state index contributed by atoms with van der Waals surface area (Å²) in [6, 6.07) is 24.7. The average molecular weight is 463 g/mol. The van der Waals surface area contributed by atoms with Gasteiger partial charge in [-0.3, -0.25) is 4.79 Å². The van der Waals surface area contributed by atoms with Crippen molar-refractivity contribution in [3.63, 3.8) is 0 Å². The first-order valence-corrected chi connectivity index (χ1v) is 10.8. The number of rotatable bonds is 5. The average Bonchev–Trinajstić information content (AvgIpc) is 2.82. The summed E-state index contributed by atoms with van der Waals surface area (Å²) in [7, 11) is 0. The number of halogens is 3. The molecule has 4 aromatic rings. The van der Waals surface area contributed by atoms with Gasteiger partial charge >= 0.3 is 12.1 Å². The summed E-state index contributed by atoms with van der Waals surface area (Å²) >= 11 is 0. The Morgan fingerprint density at radius 2 is 1.26 bits per heavy atom. The van der Waals surface area contributed by atoms with Gasteiger partial charge in [-0.1, -0.05) is 102 Å². The molecule has 34 heavy (non-hydrogen) atoms. The summed E-state index contributed by atoms with van der Waals surface area (Å²) < 4.78 is 40.3. The van der Waals surface area contributed by atoms with Crippen molar-refractivity contribution in [3.05, 3.63) is 119 Å². The highest BCUT2D eigenvalue weighted by Gasteiger charge is 2.47. The van der Waals surface area contributed by atoms with Crippen LogP contribution >= 0.6 is 0 Å². The van der Waals surface area contributed by atoms with Gasteiger partial charge in [0.25, 0.3) is 0 Å². The van der Waals surface area contributed by atoms with Crippen molar-refractivity contribution in [1.29, 1.82) is 0 Å².